The predicted octanol–water partition coefficient (Wildman–Crippen LogP) is 5.81. The average molecular weight is 377 g/mol. The largest absolute Gasteiger partial charge is 0.481 e. The molecule has 0 fully saturated rings. The highest BCUT2D eigenvalue weighted by molar-refractivity contribution is 5.94. The minimum Gasteiger partial charge on any atom is -0.481 e. The Morgan fingerprint density at radius 3 is 2.25 bits per heavy atom. The van der Waals surface area contributed by atoms with Gasteiger partial charge in [0.1, 0.15) is 11.3 Å². The van der Waals surface area contributed by atoms with E-state index in [4.69, 9.17) is 4.74 Å². The molecular weight excluding hydrogens is 348 g/mol. The lowest BCUT2D eigenvalue weighted by Crippen LogP contribution is -2.22. The van der Waals surface area contributed by atoms with Gasteiger partial charge in [0.25, 0.3) is 5.91 Å². The fourth-order valence-corrected chi connectivity index (χ4v) is 3.35. The van der Waals surface area contributed by atoms with Gasteiger partial charge in [-0.05, 0) is 42.0 Å². The van der Waals surface area contributed by atoms with Crippen LogP contribution in [0.2, 0.25) is 0 Å². The van der Waals surface area contributed by atoms with Crippen molar-refractivity contribution in [2.75, 3.05) is 11.9 Å². The molecule has 3 aromatic rings. The van der Waals surface area contributed by atoms with Crippen LogP contribution in [0, 0.1) is 6.92 Å². The Kier molecular flexibility index (Phi) is 5.98. The van der Waals surface area contributed by atoms with Crippen LogP contribution in [0.25, 0.3) is 10.9 Å². The number of amides is 1. The summed E-state index contributed by atoms with van der Waals surface area (Å²) in [6.45, 7) is 10.4. The van der Waals surface area contributed by atoms with Gasteiger partial charge in [-0.3, -0.25) is 4.79 Å². The van der Waals surface area contributed by atoms with E-state index in [2.05, 4.69) is 56.2 Å². The molecule has 4 nitrogen and oxygen atoms in total. The standard InChI is InChI=1S/C24H28N2O2/c1-15(2)19-9-7-10-20(16(3)4)24(19)26-22(27)14-28-21-11-6-8-18-13-12-17(5)25-23(18)21/h6-13,15-16H,14H2,1-5H3,(H,26,27). The van der Waals surface area contributed by atoms with E-state index in [1.54, 1.807) is 0 Å². The predicted molar refractivity (Wildman–Crippen MR) is 115 cm³/mol. The zero-order valence-corrected chi connectivity index (χ0v) is 17.2. The number of hydrogen-bond donors (Lipinski definition) is 1. The average Bonchev–Trinajstić information content (AvgIpc) is 2.66. The summed E-state index contributed by atoms with van der Waals surface area (Å²) in [6, 6.07) is 15.9. The van der Waals surface area contributed by atoms with Crippen molar-refractivity contribution in [3.63, 3.8) is 0 Å². The third kappa shape index (κ3) is 4.33. The third-order valence-electron chi connectivity index (χ3n) is 4.82. The minimum absolute atomic E-state index is 0.0568. The first-order valence-electron chi connectivity index (χ1n) is 9.78. The van der Waals surface area contributed by atoms with Gasteiger partial charge in [0.15, 0.2) is 6.61 Å². The number of rotatable bonds is 6. The Bertz CT molecular complexity index is 967. The lowest BCUT2D eigenvalue weighted by molar-refractivity contribution is -0.118. The van der Waals surface area contributed by atoms with Crippen molar-refractivity contribution in [3.05, 3.63) is 65.4 Å². The number of carbonyl (C=O) groups is 1. The number of ether oxygens (including phenoxy) is 1. The fourth-order valence-electron chi connectivity index (χ4n) is 3.35. The van der Waals surface area contributed by atoms with Crippen LogP contribution in [0.3, 0.4) is 0 Å². The summed E-state index contributed by atoms with van der Waals surface area (Å²) in [5.74, 6) is 1.09. The number of carbonyl (C=O) groups excluding carboxylic acids is 1. The molecule has 0 atom stereocenters. The van der Waals surface area contributed by atoms with E-state index in [0.29, 0.717) is 17.6 Å². The number of aryl methyl sites for hydroxylation is 1. The lowest BCUT2D eigenvalue weighted by Gasteiger charge is -2.20. The number of para-hydroxylation sites is 2. The van der Waals surface area contributed by atoms with Gasteiger partial charge in [-0.1, -0.05) is 64.1 Å². The van der Waals surface area contributed by atoms with Crippen LogP contribution < -0.4 is 10.1 Å². The summed E-state index contributed by atoms with van der Waals surface area (Å²) >= 11 is 0. The van der Waals surface area contributed by atoms with Gasteiger partial charge in [0, 0.05) is 16.8 Å². The normalized spacial score (nSPS) is 11.2. The lowest BCUT2D eigenvalue weighted by atomic mass is 9.92. The van der Waals surface area contributed by atoms with Gasteiger partial charge >= 0.3 is 0 Å². The molecule has 0 spiro atoms. The number of nitrogens with one attached hydrogen (secondary N) is 1. The SMILES string of the molecule is Cc1ccc2cccc(OCC(=O)Nc3c(C(C)C)cccc3C(C)C)c2n1. The number of anilines is 1. The summed E-state index contributed by atoms with van der Waals surface area (Å²) in [5, 5.41) is 4.08. The molecule has 0 saturated carbocycles. The van der Waals surface area contributed by atoms with E-state index in [0.717, 1.165) is 33.4 Å². The van der Waals surface area contributed by atoms with E-state index in [-0.39, 0.29) is 12.5 Å². The van der Waals surface area contributed by atoms with Gasteiger partial charge in [-0.2, -0.15) is 0 Å². The number of hydrogen-bond acceptors (Lipinski definition) is 3. The van der Waals surface area contributed by atoms with Crippen molar-refractivity contribution in [3.8, 4) is 5.75 Å². The first kappa shape index (κ1) is 19.9. The topological polar surface area (TPSA) is 51.2 Å². The summed E-state index contributed by atoms with van der Waals surface area (Å²) in [4.78, 5) is 17.2. The van der Waals surface area contributed by atoms with E-state index in [1.165, 1.54) is 0 Å². The van der Waals surface area contributed by atoms with Crippen molar-refractivity contribution in [2.45, 2.75) is 46.5 Å². The molecule has 1 aromatic heterocycles. The van der Waals surface area contributed by atoms with Crippen LogP contribution in [-0.2, 0) is 4.79 Å². The van der Waals surface area contributed by atoms with Gasteiger partial charge in [0.2, 0.25) is 0 Å². The fraction of sp³-hybridized carbons (Fsp3) is 0.333. The summed E-state index contributed by atoms with van der Waals surface area (Å²) in [5.41, 5.74) is 4.89. The summed E-state index contributed by atoms with van der Waals surface area (Å²) < 4.78 is 5.83. The summed E-state index contributed by atoms with van der Waals surface area (Å²) in [6.07, 6.45) is 0. The van der Waals surface area contributed by atoms with Crippen LogP contribution in [0.1, 0.15) is 56.4 Å². The van der Waals surface area contributed by atoms with Crippen LogP contribution in [0.5, 0.6) is 5.75 Å². The second kappa shape index (κ2) is 8.42. The number of fused-ring (bicyclic) bond motifs is 1. The molecule has 4 heteroatoms. The molecule has 146 valence electrons. The minimum atomic E-state index is -0.167. The third-order valence-corrected chi connectivity index (χ3v) is 4.82. The second-order valence-electron chi connectivity index (χ2n) is 7.74. The Morgan fingerprint density at radius 1 is 0.964 bits per heavy atom. The highest BCUT2D eigenvalue weighted by Gasteiger charge is 2.16. The molecule has 1 N–H and O–H groups in total. The first-order chi connectivity index (χ1) is 13.4. The van der Waals surface area contributed by atoms with Crippen molar-refractivity contribution in [1.82, 2.24) is 4.98 Å². The maximum atomic E-state index is 12.7. The highest BCUT2D eigenvalue weighted by atomic mass is 16.5. The Morgan fingerprint density at radius 2 is 1.61 bits per heavy atom. The Hall–Kier alpha value is -2.88. The Labute approximate surface area is 166 Å². The number of pyridine rings is 1. The molecule has 3 rings (SSSR count). The molecule has 2 aromatic carbocycles. The smallest absolute Gasteiger partial charge is 0.262 e. The molecule has 1 amide bonds. The molecular formula is C24H28N2O2. The Balaban J connectivity index is 1.80. The van der Waals surface area contributed by atoms with Crippen LogP contribution >= 0.6 is 0 Å². The van der Waals surface area contributed by atoms with Crippen molar-refractivity contribution < 1.29 is 9.53 Å². The molecule has 0 aliphatic heterocycles. The van der Waals surface area contributed by atoms with Crippen LogP contribution in [-0.4, -0.2) is 17.5 Å². The molecule has 0 saturated heterocycles. The van der Waals surface area contributed by atoms with Gasteiger partial charge < -0.3 is 10.1 Å². The number of nitrogens with zero attached hydrogens (tertiary/aromatic N) is 1. The maximum absolute atomic E-state index is 12.7. The maximum Gasteiger partial charge on any atom is 0.262 e. The molecule has 0 radical (unpaired) electrons. The zero-order valence-electron chi connectivity index (χ0n) is 17.2. The molecule has 28 heavy (non-hydrogen) atoms. The van der Waals surface area contributed by atoms with Gasteiger partial charge in [-0.25, -0.2) is 4.98 Å². The second-order valence-corrected chi connectivity index (χ2v) is 7.74. The van der Waals surface area contributed by atoms with E-state index in [9.17, 15) is 4.79 Å². The molecule has 0 unspecified atom stereocenters. The molecule has 1 heterocycles. The summed E-state index contributed by atoms with van der Waals surface area (Å²) in [7, 11) is 0. The highest BCUT2D eigenvalue weighted by Crippen LogP contribution is 2.32. The van der Waals surface area contributed by atoms with E-state index >= 15 is 0 Å². The van der Waals surface area contributed by atoms with Crippen molar-refractivity contribution >= 4 is 22.5 Å². The number of benzene rings is 2. The number of aromatic nitrogens is 1. The van der Waals surface area contributed by atoms with E-state index < -0.39 is 0 Å². The van der Waals surface area contributed by atoms with Crippen molar-refractivity contribution in [1.29, 1.82) is 0 Å². The molecule has 0 aliphatic carbocycles. The van der Waals surface area contributed by atoms with Gasteiger partial charge in [-0.15, -0.1) is 0 Å². The van der Waals surface area contributed by atoms with Gasteiger partial charge in [0.05, 0.1) is 0 Å². The van der Waals surface area contributed by atoms with Crippen LogP contribution in [0.4, 0.5) is 5.69 Å². The molecule has 0 bridgehead atoms. The quantitative estimate of drug-likeness (QED) is 0.591. The van der Waals surface area contributed by atoms with Crippen LogP contribution in [0.15, 0.2) is 48.5 Å². The first-order valence-corrected chi connectivity index (χ1v) is 9.78. The van der Waals surface area contributed by atoms with Crippen molar-refractivity contribution in [2.24, 2.45) is 0 Å². The van der Waals surface area contributed by atoms with E-state index in [1.807, 2.05) is 37.3 Å². The molecule has 0 aliphatic rings. The monoisotopic (exact) mass is 376 g/mol. The zero-order chi connectivity index (χ0) is 20.3.